The Balaban J connectivity index is 1.96. The van der Waals surface area contributed by atoms with Crippen molar-refractivity contribution in [3.05, 3.63) is 24.0 Å². The van der Waals surface area contributed by atoms with Crippen LogP contribution in [-0.4, -0.2) is 29.1 Å². The summed E-state index contributed by atoms with van der Waals surface area (Å²) in [4.78, 5) is 4.31. The molecule has 2 rings (SSSR count). The Bertz CT molecular complexity index is 394. The standard InChI is InChI=1S/C16H26N2OS/c1-3-18-16(12-20-15-7-5-6-8-15)13-9-14(19-4-2)11-17-10-13/h9-11,15-16,18H,3-8,12H2,1-2H3. The minimum atomic E-state index is 0.374. The lowest BCUT2D eigenvalue weighted by Crippen LogP contribution is -2.24. The molecule has 0 spiro atoms. The first kappa shape index (κ1) is 15.6. The van der Waals surface area contributed by atoms with Crippen LogP contribution in [0.5, 0.6) is 5.75 Å². The minimum absolute atomic E-state index is 0.374. The molecule has 0 aliphatic heterocycles. The van der Waals surface area contributed by atoms with Gasteiger partial charge in [0.15, 0.2) is 0 Å². The van der Waals surface area contributed by atoms with Crippen LogP contribution in [0.15, 0.2) is 18.5 Å². The predicted octanol–water partition coefficient (Wildman–Crippen LogP) is 3.81. The molecule has 1 aromatic heterocycles. The SMILES string of the molecule is CCNC(CSC1CCCC1)c1cncc(OCC)c1. The highest BCUT2D eigenvalue weighted by Gasteiger charge is 2.19. The molecule has 4 heteroatoms. The monoisotopic (exact) mass is 294 g/mol. The van der Waals surface area contributed by atoms with Crippen LogP contribution in [-0.2, 0) is 0 Å². The number of hydrogen-bond acceptors (Lipinski definition) is 4. The quantitative estimate of drug-likeness (QED) is 0.790. The van der Waals surface area contributed by atoms with Gasteiger partial charge in [0.1, 0.15) is 5.75 Å². The normalized spacial score (nSPS) is 17.3. The average molecular weight is 294 g/mol. The van der Waals surface area contributed by atoms with Crippen molar-refractivity contribution in [2.75, 3.05) is 18.9 Å². The molecule has 1 fully saturated rings. The molecular weight excluding hydrogens is 268 g/mol. The topological polar surface area (TPSA) is 34.2 Å². The van der Waals surface area contributed by atoms with Crippen molar-refractivity contribution in [2.24, 2.45) is 0 Å². The predicted molar refractivity (Wildman–Crippen MR) is 86.5 cm³/mol. The minimum Gasteiger partial charge on any atom is -0.492 e. The molecule has 3 nitrogen and oxygen atoms in total. The van der Waals surface area contributed by atoms with E-state index in [2.05, 4.69) is 35.1 Å². The fourth-order valence-corrected chi connectivity index (χ4v) is 4.12. The van der Waals surface area contributed by atoms with Gasteiger partial charge in [-0.3, -0.25) is 4.98 Å². The van der Waals surface area contributed by atoms with E-state index in [1.165, 1.54) is 31.2 Å². The van der Waals surface area contributed by atoms with E-state index in [1.807, 2.05) is 13.1 Å². The summed E-state index contributed by atoms with van der Waals surface area (Å²) in [6.07, 6.45) is 9.35. The summed E-state index contributed by atoms with van der Waals surface area (Å²) in [6.45, 7) is 5.83. The Morgan fingerprint density at radius 3 is 2.85 bits per heavy atom. The number of hydrogen-bond donors (Lipinski definition) is 1. The Morgan fingerprint density at radius 1 is 1.35 bits per heavy atom. The zero-order valence-corrected chi connectivity index (χ0v) is 13.4. The van der Waals surface area contributed by atoms with Gasteiger partial charge in [0, 0.05) is 23.2 Å². The fourth-order valence-electron chi connectivity index (χ4n) is 2.68. The molecule has 112 valence electrons. The third-order valence-corrected chi connectivity index (χ3v) is 5.17. The molecule has 0 radical (unpaired) electrons. The third-order valence-electron chi connectivity index (χ3n) is 3.70. The maximum Gasteiger partial charge on any atom is 0.137 e. The number of pyridine rings is 1. The van der Waals surface area contributed by atoms with E-state index in [9.17, 15) is 0 Å². The summed E-state index contributed by atoms with van der Waals surface area (Å²) in [5, 5.41) is 4.44. The van der Waals surface area contributed by atoms with Gasteiger partial charge in [-0.25, -0.2) is 0 Å². The summed E-state index contributed by atoms with van der Waals surface area (Å²) >= 11 is 2.12. The van der Waals surface area contributed by atoms with Gasteiger partial charge in [0.25, 0.3) is 0 Å². The average Bonchev–Trinajstić information content (AvgIpc) is 2.97. The second-order valence-electron chi connectivity index (χ2n) is 5.24. The number of nitrogens with one attached hydrogen (secondary N) is 1. The molecule has 0 aromatic carbocycles. The van der Waals surface area contributed by atoms with Crippen molar-refractivity contribution in [3.63, 3.8) is 0 Å². The molecule has 1 aliphatic carbocycles. The van der Waals surface area contributed by atoms with Crippen LogP contribution in [0.4, 0.5) is 0 Å². The fraction of sp³-hybridized carbons (Fsp3) is 0.688. The summed E-state index contributed by atoms with van der Waals surface area (Å²) in [5.41, 5.74) is 1.24. The Morgan fingerprint density at radius 2 is 2.15 bits per heavy atom. The molecule has 1 atom stereocenters. The van der Waals surface area contributed by atoms with Crippen LogP contribution in [0.1, 0.15) is 51.1 Å². The highest BCUT2D eigenvalue weighted by Crippen LogP contribution is 2.32. The Kier molecular flexibility index (Phi) is 6.67. The van der Waals surface area contributed by atoms with Crippen LogP contribution >= 0.6 is 11.8 Å². The van der Waals surface area contributed by atoms with Crippen LogP contribution < -0.4 is 10.1 Å². The summed E-state index contributed by atoms with van der Waals surface area (Å²) in [5.74, 6) is 1.99. The van der Waals surface area contributed by atoms with Crippen molar-refractivity contribution in [1.29, 1.82) is 0 Å². The van der Waals surface area contributed by atoms with E-state index in [0.29, 0.717) is 12.6 Å². The Hall–Kier alpha value is -0.740. The van der Waals surface area contributed by atoms with E-state index in [1.54, 1.807) is 6.20 Å². The number of thioether (sulfide) groups is 1. The third kappa shape index (κ3) is 4.67. The zero-order valence-electron chi connectivity index (χ0n) is 12.6. The van der Waals surface area contributed by atoms with Gasteiger partial charge < -0.3 is 10.1 Å². The molecule has 1 saturated carbocycles. The number of aromatic nitrogens is 1. The first-order valence-electron chi connectivity index (χ1n) is 7.76. The van der Waals surface area contributed by atoms with Crippen LogP contribution in [0.2, 0.25) is 0 Å². The molecule has 1 unspecified atom stereocenters. The zero-order chi connectivity index (χ0) is 14.2. The smallest absolute Gasteiger partial charge is 0.137 e. The summed E-state index contributed by atoms with van der Waals surface area (Å²) < 4.78 is 5.56. The molecule has 1 N–H and O–H groups in total. The van der Waals surface area contributed by atoms with E-state index < -0.39 is 0 Å². The highest BCUT2D eigenvalue weighted by atomic mass is 32.2. The van der Waals surface area contributed by atoms with Crippen molar-refractivity contribution in [2.45, 2.75) is 50.8 Å². The molecule has 0 amide bonds. The molecule has 0 bridgehead atoms. The highest BCUT2D eigenvalue weighted by molar-refractivity contribution is 7.99. The van der Waals surface area contributed by atoms with Crippen LogP contribution in [0.3, 0.4) is 0 Å². The Labute approximate surface area is 126 Å². The maximum absolute atomic E-state index is 5.56. The first-order chi connectivity index (χ1) is 9.83. The van der Waals surface area contributed by atoms with E-state index in [-0.39, 0.29) is 0 Å². The number of ether oxygens (including phenoxy) is 1. The second-order valence-corrected chi connectivity index (χ2v) is 6.57. The van der Waals surface area contributed by atoms with Crippen LogP contribution in [0, 0.1) is 0 Å². The van der Waals surface area contributed by atoms with Gasteiger partial charge in [0.2, 0.25) is 0 Å². The van der Waals surface area contributed by atoms with Gasteiger partial charge in [0.05, 0.1) is 12.8 Å². The molecule has 0 saturated heterocycles. The van der Waals surface area contributed by atoms with Gasteiger partial charge in [-0.1, -0.05) is 19.8 Å². The van der Waals surface area contributed by atoms with Gasteiger partial charge in [-0.05, 0) is 37.9 Å². The number of rotatable bonds is 8. The van der Waals surface area contributed by atoms with Crippen LogP contribution in [0.25, 0.3) is 0 Å². The van der Waals surface area contributed by atoms with Crippen molar-refractivity contribution >= 4 is 11.8 Å². The van der Waals surface area contributed by atoms with E-state index in [4.69, 9.17) is 4.74 Å². The summed E-state index contributed by atoms with van der Waals surface area (Å²) in [7, 11) is 0. The van der Waals surface area contributed by atoms with E-state index in [0.717, 1.165) is 23.3 Å². The van der Waals surface area contributed by atoms with Gasteiger partial charge in [-0.2, -0.15) is 11.8 Å². The van der Waals surface area contributed by atoms with Crippen molar-refractivity contribution < 1.29 is 4.74 Å². The van der Waals surface area contributed by atoms with E-state index >= 15 is 0 Å². The lowest BCUT2D eigenvalue weighted by Gasteiger charge is -2.20. The molecule has 1 aliphatic rings. The largest absolute Gasteiger partial charge is 0.492 e. The molecular formula is C16H26N2OS. The summed E-state index contributed by atoms with van der Waals surface area (Å²) in [6, 6.07) is 2.50. The molecule has 20 heavy (non-hydrogen) atoms. The molecule has 1 heterocycles. The number of nitrogens with zero attached hydrogens (tertiary/aromatic N) is 1. The van der Waals surface area contributed by atoms with Gasteiger partial charge >= 0.3 is 0 Å². The van der Waals surface area contributed by atoms with Crippen molar-refractivity contribution in [3.8, 4) is 5.75 Å². The molecule has 1 aromatic rings. The maximum atomic E-state index is 5.56. The lowest BCUT2D eigenvalue weighted by atomic mass is 10.1. The lowest BCUT2D eigenvalue weighted by molar-refractivity contribution is 0.338. The first-order valence-corrected chi connectivity index (χ1v) is 8.81. The van der Waals surface area contributed by atoms with Crippen molar-refractivity contribution in [1.82, 2.24) is 10.3 Å². The van der Waals surface area contributed by atoms with Gasteiger partial charge in [-0.15, -0.1) is 0 Å². The second kappa shape index (κ2) is 8.53.